The Balaban J connectivity index is 2.21. The Bertz CT molecular complexity index is 312. The van der Waals surface area contributed by atoms with E-state index in [4.69, 9.17) is 5.73 Å². The molecule has 1 aromatic heterocycles. The summed E-state index contributed by atoms with van der Waals surface area (Å²) in [5.74, 6) is 0.983. The molecule has 3 nitrogen and oxygen atoms in total. The molecule has 1 saturated carbocycles. The summed E-state index contributed by atoms with van der Waals surface area (Å²) < 4.78 is 0. The highest BCUT2D eigenvalue weighted by atomic mass is 15.1. The van der Waals surface area contributed by atoms with Gasteiger partial charge in [0.1, 0.15) is 5.82 Å². The van der Waals surface area contributed by atoms with Gasteiger partial charge in [-0.05, 0) is 30.9 Å². The molecule has 14 heavy (non-hydrogen) atoms. The maximum Gasteiger partial charge on any atom is 0.127 e. The van der Waals surface area contributed by atoms with Crippen molar-refractivity contribution < 1.29 is 0 Å². The van der Waals surface area contributed by atoms with E-state index in [1.807, 2.05) is 31.3 Å². The van der Waals surface area contributed by atoms with Crippen LogP contribution in [0.2, 0.25) is 0 Å². The summed E-state index contributed by atoms with van der Waals surface area (Å²) in [6, 6.07) is 4.13. The van der Waals surface area contributed by atoms with E-state index >= 15 is 0 Å². The van der Waals surface area contributed by atoms with Gasteiger partial charge in [0, 0.05) is 25.8 Å². The van der Waals surface area contributed by atoms with Gasteiger partial charge in [-0.1, -0.05) is 6.07 Å². The SMILES string of the molecule is CN(C)c1ccc(C2(N)CCC2)cn1. The Morgan fingerprint density at radius 1 is 1.36 bits per heavy atom. The first-order valence-corrected chi connectivity index (χ1v) is 5.04. The molecule has 2 N–H and O–H groups in total. The van der Waals surface area contributed by atoms with Crippen LogP contribution < -0.4 is 10.6 Å². The third-order valence-electron chi connectivity index (χ3n) is 3.03. The van der Waals surface area contributed by atoms with Gasteiger partial charge in [0.15, 0.2) is 0 Å². The summed E-state index contributed by atoms with van der Waals surface area (Å²) in [6.45, 7) is 0. The monoisotopic (exact) mass is 191 g/mol. The molecule has 0 aliphatic heterocycles. The van der Waals surface area contributed by atoms with Crippen LogP contribution in [0.1, 0.15) is 24.8 Å². The molecule has 1 aliphatic carbocycles. The Morgan fingerprint density at radius 3 is 2.43 bits per heavy atom. The summed E-state index contributed by atoms with van der Waals surface area (Å²) in [6.07, 6.45) is 5.34. The minimum atomic E-state index is -0.0855. The minimum absolute atomic E-state index is 0.0855. The summed E-state index contributed by atoms with van der Waals surface area (Å²) in [5.41, 5.74) is 7.29. The zero-order chi connectivity index (χ0) is 10.2. The van der Waals surface area contributed by atoms with Crippen LogP contribution in [0.3, 0.4) is 0 Å². The molecule has 0 unspecified atom stereocenters. The van der Waals surface area contributed by atoms with E-state index < -0.39 is 0 Å². The Kier molecular flexibility index (Phi) is 2.19. The molecule has 0 aromatic carbocycles. The topological polar surface area (TPSA) is 42.1 Å². The van der Waals surface area contributed by atoms with E-state index in [-0.39, 0.29) is 5.54 Å². The van der Waals surface area contributed by atoms with Gasteiger partial charge in [-0.25, -0.2) is 4.98 Å². The van der Waals surface area contributed by atoms with Crippen molar-refractivity contribution in [2.24, 2.45) is 5.73 Å². The van der Waals surface area contributed by atoms with Crippen LogP contribution in [0, 0.1) is 0 Å². The minimum Gasteiger partial charge on any atom is -0.363 e. The van der Waals surface area contributed by atoms with Crippen LogP contribution in [-0.4, -0.2) is 19.1 Å². The van der Waals surface area contributed by atoms with Crippen LogP contribution >= 0.6 is 0 Å². The molecule has 2 rings (SSSR count). The molecule has 0 atom stereocenters. The van der Waals surface area contributed by atoms with Crippen LogP contribution in [0.5, 0.6) is 0 Å². The van der Waals surface area contributed by atoms with Crippen LogP contribution in [-0.2, 0) is 5.54 Å². The molecular weight excluding hydrogens is 174 g/mol. The number of hydrogen-bond acceptors (Lipinski definition) is 3. The fraction of sp³-hybridized carbons (Fsp3) is 0.545. The number of aromatic nitrogens is 1. The third kappa shape index (κ3) is 1.48. The van der Waals surface area contributed by atoms with E-state index in [2.05, 4.69) is 11.1 Å². The second kappa shape index (κ2) is 3.24. The fourth-order valence-electron chi connectivity index (χ4n) is 1.79. The summed E-state index contributed by atoms with van der Waals surface area (Å²) in [5, 5.41) is 0. The molecule has 0 spiro atoms. The first-order valence-electron chi connectivity index (χ1n) is 5.04. The summed E-state index contributed by atoms with van der Waals surface area (Å²) in [4.78, 5) is 6.37. The lowest BCUT2D eigenvalue weighted by atomic mass is 9.73. The zero-order valence-corrected chi connectivity index (χ0v) is 8.83. The highest BCUT2D eigenvalue weighted by Gasteiger charge is 2.34. The van der Waals surface area contributed by atoms with Crippen molar-refractivity contribution in [3.63, 3.8) is 0 Å². The van der Waals surface area contributed by atoms with Gasteiger partial charge in [-0.3, -0.25) is 0 Å². The highest BCUT2D eigenvalue weighted by molar-refractivity contribution is 5.39. The molecule has 0 amide bonds. The summed E-state index contributed by atoms with van der Waals surface area (Å²) >= 11 is 0. The number of nitrogens with two attached hydrogens (primary N) is 1. The number of rotatable bonds is 2. The first kappa shape index (κ1) is 9.46. The Labute approximate surface area is 84.9 Å². The van der Waals surface area contributed by atoms with Gasteiger partial charge in [0.05, 0.1) is 0 Å². The average molecular weight is 191 g/mol. The standard InChI is InChI=1S/C11H17N3/c1-14(2)10-5-4-9(8-13-10)11(12)6-3-7-11/h4-5,8H,3,6-7,12H2,1-2H3. The molecule has 3 heteroatoms. The fourth-order valence-corrected chi connectivity index (χ4v) is 1.79. The predicted molar refractivity (Wildman–Crippen MR) is 58.3 cm³/mol. The van der Waals surface area contributed by atoms with Gasteiger partial charge in [0.2, 0.25) is 0 Å². The molecule has 1 aliphatic rings. The highest BCUT2D eigenvalue weighted by Crippen LogP contribution is 2.38. The number of hydrogen-bond donors (Lipinski definition) is 1. The van der Waals surface area contributed by atoms with Crippen LogP contribution in [0.25, 0.3) is 0 Å². The Hall–Kier alpha value is -1.09. The molecule has 1 fully saturated rings. The Morgan fingerprint density at radius 2 is 2.07 bits per heavy atom. The second-order valence-electron chi connectivity index (χ2n) is 4.31. The lowest BCUT2D eigenvalue weighted by Gasteiger charge is -2.38. The van der Waals surface area contributed by atoms with Crippen LogP contribution in [0.4, 0.5) is 5.82 Å². The molecule has 1 heterocycles. The first-order chi connectivity index (χ1) is 6.62. The normalized spacial score (nSPS) is 18.8. The smallest absolute Gasteiger partial charge is 0.127 e. The van der Waals surface area contributed by atoms with Crippen molar-refractivity contribution in [3.05, 3.63) is 23.9 Å². The number of anilines is 1. The molecule has 0 radical (unpaired) electrons. The van der Waals surface area contributed by atoms with Crippen molar-refractivity contribution in [3.8, 4) is 0 Å². The molecule has 76 valence electrons. The van der Waals surface area contributed by atoms with Crippen molar-refractivity contribution in [1.82, 2.24) is 4.98 Å². The molecule has 0 saturated heterocycles. The molecular formula is C11H17N3. The zero-order valence-electron chi connectivity index (χ0n) is 8.83. The maximum absolute atomic E-state index is 6.20. The van der Waals surface area contributed by atoms with E-state index in [1.165, 1.54) is 12.0 Å². The van der Waals surface area contributed by atoms with E-state index in [9.17, 15) is 0 Å². The van der Waals surface area contributed by atoms with Crippen molar-refractivity contribution in [2.45, 2.75) is 24.8 Å². The van der Waals surface area contributed by atoms with Gasteiger partial charge in [-0.15, -0.1) is 0 Å². The number of pyridine rings is 1. The van der Waals surface area contributed by atoms with E-state index in [0.717, 1.165) is 18.7 Å². The largest absolute Gasteiger partial charge is 0.363 e. The molecule has 0 bridgehead atoms. The van der Waals surface area contributed by atoms with Gasteiger partial charge >= 0.3 is 0 Å². The maximum atomic E-state index is 6.20. The quantitative estimate of drug-likeness (QED) is 0.770. The predicted octanol–water partition coefficient (Wildman–Crippen LogP) is 1.49. The van der Waals surface area contributed by atoms with E-state index in [1.54, 1.807) is 0 Å². The average Bonchev–Trinajstić information content (AvgIpc) is 2.14. The van der Waals surface area contributed by atoms with Gasteiger partial charge in [0.25, 0.3) is 0 Å². The number of nitrogens with zero attached hydrogens (tertiary/aromatic N) is 2. The van der Waals surface area contributed by atoms with Crippen molar-refractivity contribution in [1.29, 1.82) is 0 Å². The second-order valence-corrected chi connectivity index (χ2v) is 4.31. The lowest BCUT2D eigenvalue weighted by molar-refractivity contribution is 0.253. The lowest BCUT2D eigenvalue weighted by Crippen LogP contribution is -2.43. The third-order valence-corrected chi connectivity index (χ3v) is 3.03. The van der Waals surface area contributed by atoms with E-state index in [0.29, 0.717) is 0 Å². The van der Waals surface area contributed by atoms with Gasteiger partial charge in [-0.2, -0.15) is 0 Å². The van der Waals surface area contributed by atoms with Gasteiger partial charge < -0.3 is 10.6 Å². The van der Waals surface area contributed by atoms with Crippen LogP contribution in [0.15, 0.2) is 18.3 Å². The van der Waals surface area contributed by atoms with Crippen molar-refractivity contribution >= 4 is 5.82 Å². The van der Waals surface area contributed by atoms with Crippen molar-refractivity contribution in [2.75, 3.05) is 19.0 Å². The summed E-state index contributed by atoms with van der Waals surface area (Å²) in [7, 11) is 3.98. The molecule has 1 aromatic rings.